The van der Waals surface area contributed by atoms with Gasteiger partial charge in [-0.25, -0.2) is 0 Å². The molecule has 2 aromatic heterocycles. The predicted octanol–water partition coefficient (Wildman–Crippen LogP) is 1.22. The van der Waals surface area contributed by atoms with E-state index in [0.29, 0.717) is 12.6 Å². The Hall–Kier alpha value is -2.44. The van der Waals surface area contributed by atoms with Crippen LogP contribution in [0, 0.1) is 0 Å². The van der Waals surface area contributed by atoms with Crippen LogP contribution in [0.2, 0.25) is 0 Å². The third kappa shape index (κ3) is 2.78. The maximum absolute atomic E-state index is 10.3. The van der Waals surface area contributed by atoms with E-state index in [4.69, 9.17) is 18.1 Å². The molecule has 0 atom stereocenters. The highest BCUT2D eigenvalue weighted by molar-refractivity contribution is 6.20. The first kappa shape index (κ1) is 11.1. The molecule has 0 N–H and O–H groups in total. The average Bonchev–Trinajstić information content (AvgIpc) is 2.97. The molecule has 0 aliphatic rings. The van der Waals surface area contributed by atoms with Gasteiger partial charge >= 0.3 is 7.69 Å². The van der Waals surface area contributed by atoms with Crippen molar-refractivity contribution in [3.05, 3.63) is 35.8 Å². The Morgan fingerprint density at radius 2 is 1.35 bits per heavy atom. The van der Waals surface area contributed by atoms with Crippen LogP contribution in [0.5, 0.6) is 11.9 Å². The second-order valence-electron chi connectivity index (χ2n) is 2.96. The van der Waals surface area contributed by atoms with E-state index in [0.717, 1.165) is 0 Å². The summed E-state index contributed by atoms with van der Waals surface area (Å²) in [6.07, 6.45) is 1.13. The smallest absolute Gasteiger partial charge is 0.501 e. The van der Waals surface area contributed by atoms with Crippen molar-refractivity contribution in [2.45, 2.75) is 0 Å². The van der Waals surface area contributed by atoms with Gasteiger partial charge in [-0.15, -0.1) is 0 Å². The first-order valence-corrected chi connectivity index (χ1v) is 4.67. The van der Waals surface area contributed by atoms with Gasteiger partial charge in [0.05, 0.1) is 0 Å². The molecule has 86 valence electrons. The van der Waals surface area contributed by atoms with Crippen LogP contribution in [0.4, 0.5) is 0 Å². The number of furan rings is 2. The zero-order valence-electron chi connectivity index (χ0n) is 8.62. The third-order valence-corrected chi connectivity index (χ3v) is 1.84. The van der Waals surface area contributed by atoms with E-state index in [1.54, 1.807) is 0 Å². The van der Waals surface area contributed by atoms with Crippen LogP contribution < -0.4 is 9.31 Å². The summed E-state index contributed by atoms with van der Waals surface area (Å²) in [5, 5.41) is 0. The average molecular weight is 234 g/mol. The summed E-state index contributed by atoms with van der Waals surface area (Å²) < 4.78 is 20.0. The number of carbonyl (C=O) groups excluding carboxylic acids is 2. The molecule has 0 aliphatic carbocycles. The van der Waals surface area contributed by atoms with Crippen LogP contribution in [0.15, 0.2) is 33.1 Å². The molecular formula is C10H7BO6. The maximum atomic E-state index is 10.3. The zero-order chi connectivity index (χ0) is 12.1. The minimum atomic E-state index is -0.155. The number of hydrogen-bond acceptors (Lipinski definition) is 6. The van der Waals surface area contributed by atoms with Crippen molar-refractivity contribution >= 4 is 20.3 Å². The zero-order valence-corrected chi connectivity index (χ0v) is 8.62. The van der Waals surface area contributed by atoms with Crippen molar-refractivity contribution in [3.63, 3.8) is 0 Å². The molecule has 2 aromatic rings. The minimum Gasteiger partial charge on any atom is -0.501 e. The minimum absolute atomic E-state index is 0.155. The molecule has 0 aromatic carbocycles. The molecule has 7 heteroatoms. The van der Waals surface area contributed by atoms with Gasteiger partial charge in [0, 0.05) is 12.1 Å². The van der Waals surface area contributed by atoms with Crippen molar-refractivity contribution < 1.29 is 27.7 Å². The molecule has 0 aliphatic heterocycles. The first-order valence-electron chi connectivity index (χ1n) is 4.67. The normalized spacial score (nSPS) is 9.65. The molecule has 17 heavy (non-hydrogen) atoms. The van der Waals surface area contributed by atoms with Crippen LogP contribution in [0.1, 0.15) is 21.1 Å². The van der Waals surface area contributed by atoms with E-state index in [9.17, 15) is 9.59 Å². The molecule has 0 unspecified atom stereocenters. The highest BCUT2D eigenvalue weighted by Gasteiger charge is 2.06. The highest BCUT2D eigenvalue weighted by atomic mass is 16.7. The second-order valence-corrected chi connectivity index (χ2v) is 2.96. The molecule has 0 fully saturated rings. The van der Waals surface area contributed by atoms with Gasteiger partial charge in [0.2, 0.25) is 0 Å². The Kier molecular flexibility index (Phi) is 3.30. The summed E-state index contributed by atoms with van der Waals surface area (Å²) in [4.78, 5) is 20.6. The lowest BCUT2D eigenvalue weighted by molar-refractivity contribution is 0.109. The molecule has 0 saturated heterocycles. The van der Waals surface area contributed by atoms with E-state index in [1.807, 2.05) is 0 Å². The van der Waals surface area contributed by atoms with Gasteiger partial charge in [-0.2, -0.15) is 0 Å². The summed E-state index contributed by atoms with van der Waals surface area (Å²) in [6.45, 7) is 0. The second kappa shape index (κ2) is 5.06. The van der Waals surface area contributed by atoms with Gasteiger partial charge in [-0.1, -0.05) is 0 Å². The van der Waals surface area contributed by atoms with E-state index < -0.39 is 0 Å². The largest absolute Gasteiger partial charge is 0.580 e. The molecule has 0 radical (unpaired) electrons. The van der Waals surface area contributed by atoms with Gasteiger partial charge in [0.1, 0.15) is 0 Å². The molecule has 0 spiro atoms. The van der Waals surface area contributed by atoms with Crippen LogP contribution in [0.3, 0.4) is 0 Å². The Bertz CT molecular complexity index is 468. The van der Waals surface area contributed by atoms with Crippen molar-refractivity contribution in [1.82, 2.24) is 0 Å². The van der Waals surface area contributed by atoms with Crippen molar-refractivity contribution in [2.24, 2.45) is 0 Å². The van der Waals surface area contributed by atoms with Crippen molar-refractivity contribution in [1.29, 1.82) is 0 Å². The molecule has 6 nitrogen and oxygen atoms in total. The lowest BCUT2D eigenvalue weighted by Crippen LogP contribution is -2.09. The standard InChI is InChI=1S/C10H7BO6/c12-5-7-1-3-9(14-7)16-11-17-10-4-2-8(6-13)15-10/h1-6,11H. The van der Waals surface area contributed by atoms with Crippen molar-refractivity contribution in [2.75, 3.05) is 0 Å². The lowest BCUT2D eigenvalue weighted by Gasteiger charge is -2.00. The van der Waals surface area contributed by atoms with E-state index in [-0.39, 0.29) is 31.1 Å². The topological polar surface area (TPSA) is 78.9 Å². The quantitative estimate of drug-likeness (QED) is 0.552. The van der Waals surface area contributed by atoms with Crippen LogP contribution in [-0.2, 0) is 0 Å². The predicted molar refractivity (Wildman–Crippen MR) is 56.6 cm³/mol. The first-order chi connectivity index (χ1) is 8.31. The van der Waals surface area contributed by atoms with Gasteiger partial charge in [-0.3, -0.25) is 9.59 Å². The fraction of sp³-hybridized carbons (Fsp3) is 0. The Morgan fingerprint density at radius 1 is 0.882 bits per heavy atom. The van der Waals surface area contributed by atoms with Gasteiger partial charge < -0.3 is 18.1 Å². The molecule has 2 rings (SSSR count). The molecular weight excluding hydrogens is 227 g/mol. The Labute approximate surface area is 96.4 Å². The van der Waals surface area contributed by atoms with Gasteiger partial charge in [0.15, 0.2) is 24.1 Å². The number of hydrogen-bond donors (Lipinski definition) is 0. The highest BCUT2D eigenvalue weighted by Crippen LogP contribution is 2.16. The summed E-state index contributed by atoms with van der Waals surface area (Å²) in [5.41, 5.74) is 0. The number of rotatable bonds is 6. The van der Waals surface area contributed by atoms with Crippen LogP contribution >= 0.6 is 0 Å². The number of carbonyl (C=O) groups is 2. The van der Waals surface area contributed by atoms with E-state index >= 15 is 0 Å². The van der Waals surface area contributed by atoms with Crippen LogP contribution in [-0.4, -0.2) is 20.3 Å². The fourth-order valence-electron chi connectivity index (χ4n) is 1.10. The third-order valence-electron chi connectivity index (χ3n) is 1.84. The van der Waals surface area contributed by atoms with Crippen LogP contribution in [0.25, 0.3) is 0 Å². The maximum Gasteiger partial charge on any atom is 0.580 e. The fourth-order valence-corrected chi connectivity index (χ4v) is 1.10. The molecule has 2 heterocycles. The molecule has 0 saturated carbocycles. The summed E-state index contributed by atoms with van der Waals surface area (Å²) in [7, 11) is -0.155. The summed E-state index contributed by atoms with van der Waals surface area (Å²) in [5.74, 6) is 0.658. The summed E-state index contributed by atoms with van der Waals surface area (Å²) in [6, 6.07) is 5.93. The monoisotopic (exact) mass is 234 g/mol. The Morgan fingerprint density at radius 3 is 1.71 bits per heavy atom. The van der Waals surface area contributed by atoms with E-state index in [2.05, 4.69) is 0 Å². The SMILES string of the molecule is O=Cc1ccc(OBOc2ccc(C=O)o2)o1. The van der Waals surface area contributed by atoms with Gasteiger partial charge in [-0.05, 0) is 12.1 Å². The van der Waals surface area contributed by atoms with E-state index in [1.165, 1.54) is 24.3 Å². The van der Waals surface area contributed by atoms with Crippen molar-refractivity contribution in [3.8, 4) is 11.9 Å². The molecule has 0 bridgehead atoms. The van der Waals surface area contributed by atoms with Gasteiger partial charge in [0.25, 0.3) is 11.9 Å². The number of aldehydes is 2. The summed E-state index contributed by atoms with van der Waals surface area (Å²) >= 11 is 0. The Balaban J connectivity index is 1.82. The lowest BCUT2D eigenvalue weighted by atomic mass is 10.4. The molecule has 0 amide bonds.